The van der Waals surface area contributed by atoms with E-state index in [0.29, 0.717) is 5.69 Å². The quantitative estimate of drug-likeness (QED) is 0.606. The average molecular weight is 246 g/mol. The molecule has 0 unspecified atom stereocenters. The first-order chi connectivity index (χ1) is 8.79. The molecule has 0 spiro atoms. The van der Waals surface area contributed by atoms with Crippen molar-refractivity contribution < 1.29 is 9.15 Å². The van der Waals surface area contributed by atoms with Crippen molar-refractivity contribution in [3.63, 3.8) is 0 Å². The highest BCUT2D eigenvalue weighted by Gasteiger charge is 2.03. The Balaban J connectivity index is 1.83. The number of hydrogen-bond donors (Lipinski definition) is 2. The molecule has 0 aliphatic heterocycles. The second-order valence-electron chi connectivity index (χ2n) is 4.08. The van der Waals surface area contributed by atoms with Gasteiger partial charge in [0.15, 0.2) is 0 Å². The molecule has 4 heteroatoms. The lowest BCUT2D eigenvalue weighted by Crippen LogP contribution is -2.17. The normalized spacial score (nSPS) is 10.5. The van der Waals surface area contributed by atoms with Crippen LogP contribution in [-0.2, 0) is 13.0 Å². The summed E-state index contributed by atoms with van der Waals surface area (Å²) in [7, 11) is 1.65. The lowest BCUT2D eigenvalue weighted by atomic mass is 10.2. The van der Waals surface area contributed by atoms with Crippen molar-refractivity contribution in [2.75, 3.05) is 19.4 Å². The molecule has 2 rings (SSSR count). The van der Waals surface area contributed by atoms with E-state index >= 15 is 0 Å². The minimum Gasteiger partial charge on any atom is -0.496 e. The number of hydrogen-bond acceptors (Lipinski definition) is 4. The first kappa shape index (κ1) is 12.5. The van der Waals surface area contributed by atoms with E-state index in [-0.39, 0.29) is 0 Å². The van der Waals surface area contributed by atoms with Gasteiger partial charge in [-0.25, -0.2) is 0 Å². The molecule has 1 aromatic carbocycles. The van der Waals surface area contributed by atoms with Crippen LogP contribution in [0.2, 0.25) is 0 Å². The molecule has 0 atom stereocenters. The smallest absolute Gasteiger partial charge is 0.125 e. The van der Waals surface area contributed by atoms with Gasteiger partial charge in [0, 0.05) is 36.8 Å². The van der Waals surface area contributed by atoms with Crippen LogP contribution in [-0.4, -0.2) is 13.7 Å². The molecule has 1 aromatic heterocycles. The van der Waals surface area contributed by atoms with E-state index in [9.17, 15) is 0 Å². The van der Waals surface area contributed by atoms with Crippen LogP contribution in [0.4, 0.5) is 5.69 Å². The van der Waals surface area contributed by atoms with E-state index in [0.717, 1.165) is 36.6 Å². The van der Waals surface area contributed by atoms with Crippen LogP contribution in [0.3, 0.4) is 0 Å². The number of anilines is 1. The summed E-state index contributed by atoms with van der Waals surface area (Å²) in [6.45, 7) is 1.62. The molecule has 0 bridgehead atoms. The fourth-order valence-corrected chi connectivity index (χ4v) is 1.80. The molecule has 4 nitrogen and oxygen atoms in total. The maximum absolute atomic E-state index is 5.71. The molecule has 0 saturated carbocycles. The van der Waals surface area contributed by atoms with Crippen LogP contribution in [0.5, 0.6) is 5.75 Å². The number of nitrogens with one attached hydrogen (secondary N) is 1. The van der Waals surface area contributed by atoms with E-state index < -0.39 is 0 Å². The van der Waals surface area contributed by atoms with Gasteiger partial charge in [-0.15, -0.1) is 0 Å². The summed E-state index contributed by atoms with van der Waals surface area (Å²) in [6, 6.07) is 9.58. The summed E-state index contributed by atoms with van der Waals surface area (Å²) in [6.07, 6.45) is 2.57. The predicted octanol–water partition coefficient (Wildman–Crippen LogP) is 2.20. The average Bonchev–Trinajstić information content (AvgIpc) is 2.89. The zero-order chi connectivity index (χ0) is 12.8. The van der Waals surface area contributed by atoms with Gasteiger partial charge >= 0.3 is 0 Å². The first-order valence-corrected chi connectivity index (χ1v) is 5.95. The fourth-order valence-electron chi connectivity index (χ4n) is 1.80. The minimum atomic E-state index is 0.714. The molecule has 96 valence electrons. The molecule has 0 fully saturated rings. The maximum atomic E-state index is 5.71. The van der Waals surface area contributed by atoms with Crippen LogP contribution in [0.25, 0.3) is 0 Å². The summed E-state index contributed by atoms with van der Waals surface area (Å²) in [5, 5.41) is 3.35. The standard InChI is InChI=1S/C14H18N2O2/c1-17-14-9-12(15)5-4-11(14)10-16-7-6-13-3-2-8-18-13/h2-5,8-9,16H,6-7,10,15H2,1H3. The van der Waals surface area contributed by atoms with Crippen molar-refractivity contribution in [2.24, 2.45) is 0 Å². The molecule has 0 radical (unpaired) electrons. The molecule has 0 aliphatic rings. The number of furan rings is 1. The van der Waals surface area contributed by atoms with Crippen molar-refractivity contribution in [3.05, 3.63) is 47.9 Å². The molecule has 1 heterocycles. The Hall–Kier alpha value is -1.94. The first-order valence-electron chi connectivity index (χ1n) is 5.95. The van der Waals surface area contributed by atoms with Gasteiger partial charge in [-0.1, -0.05) is 6.07 Å². The van der Waals surface area contributed by atoms with E-state index in [4.69, 9.17) is 14.9 Å². The zero-order valence-corrected chi connectivity index (χ0v) is 10.5. The van der Waals surface area contributed by atoms with Gasteiger partial charge < -0.3 is 20.2 Å². The summed E-state index contributed by atoms with van der Waals surface area (Å²) in [5.41, 5.74) is 7.53. The number of rotatable bonds is 6. The Bertz CT molecular complexity index is 481. The third-order valence-corrected chi connectivity index (χ3v) is 2.75. The Morgan fingerprint density at radius 2 is 2.22 bits per heavy atom. The second kappa shape index (κ2) is 6.12. The van der Waals surface area contributed by atoms with Crippen LogP contribution in [0.1, 0.15) is 11.3 Å². The van der Waals surface area contributed by atoms with E-state index in [2.05, 4.69) is 5.32 Å². The second-order valence-corrected chi connectivity index (χ2v) is 4.08. The summed E-state index contributed by atoms with van der Waals surface area (Å²) < 4.78 is 10.6. The van der Waals surface area contributed by atoms with Gasteiger partial charge in [-0.3, -0.25) is 0 Å². The molecule has 0 aliphatic carbocycles. The lowest BCUT2D eigenvalue weighted by Gasteiger charge is -2.10. The highest BCUT2D eigenvalue weighted by molar-refractivity contribution is 5.48. The van der Waals surface area contributed by atoms with Crippen LogP contribution in [0, 0.1) is 0 Å². The number of nitrogen functional groups attached to an aromatic ring is 1. The third-order valence-electron chi connectivity index (χ3n) is 2.75. The highest BCUT2D eigenvalue weighted by atomic mass is 16.5. The number of methoxy groups -OCH3 is 1. The zero-order valence-electron chi connectivity index (χ0n) is 10.5. The molecular formula is C14H18N2O2. The van der Waals surface area contributed by atoms with Crippen molar-refractivity contribution >= 4 is 5.69 Å². The summed E-state index contributed by atoms with van der Waals surface area (Å²) in [4.78, 5) is 0. The molecule has 3 N–H and O–H groups in total. The van der Waals surface area contributed by atoms with E-state index in [1.165, 1.54) is 0 Å². The third kappa shape index (κ3) is 3.28. The van der Waals surface area contributed by atoms with Crippen molar-refractivity contribution in [2.45, 2.75) is 13.0 Å². The minimum absolute atomic E-state index is 0.714. The Kier molecular flexibility index (Phi) is 4.25. The van der Waals surface area contributed by atoms with Gasteiger partial charge in [-0.05, 0) is 18.2 Å². The summed E-state index contributed by atoms with van der Waals surface area (Å²) >= 11 is 0. The van der Waals surface area contributed by atoms with Crippen LogP contribution in [0.15, 0.2) is 41.0 Å². The topological polar surface area (TPSA) is 60.4 Å². The summed E-state index contributed by atoms with van der Waals surface area (Å²) in [5.74, 6) is 1.81. The van der Waals surface area contributed by atoms with Gasteiger partial charge in [0.25, 0.3) is 0 Å². The van der Waals surface area contributed by atoms with E-state index in [1.807, 2.05) is 30.3 Å². The largest absolute Gasteiger partial charge is 0.496 e. The van der Waals surface area contributed by atoms with Crippen molar-refractivity contribution in [1.29, 1.82) is 0 Å². The van der Waals surface area contributed by atoms with Gasteiger partial charge in [0.05, 0.1) is 13.4 Å². The molecule has 18 heavy (non-hydrogen) atoms. The molecule has 0 saturated heterocycles. The number of nitrogens with two attached hydrogens (primary N) is 1. The maximum Gasteiger partial charge on any atom is 0.125 e. The SMILES string of the molecule is COc1cc(N)ccc1CNCCc1ccco1. The molecule has 2 aromatic rings. The Morgan fingerprint density at radius 3 is 2.94 bits per heavy atom. The fraction of sp³-hybridized carbons (Fsp3) is 0.286. The van der Waals surface area contributed by atoms with Gasteiger partial charge in [-0.2, -0.15) is 0 Å². The highest BCUT2D eigenvalue weighted by Crippen LogP contribution is 2.21. The lowest BCUT2D eigenvalue weighted by molar-refractivity contribution is 0.407. The number of benzene rings is 1. The van der Waals surface area contributed by atoms with Crippen LogP contribution < -0.4 is 15.8 Å². The van der Waals surface area contributed by atoms with Crippen molar-refractivity contribution in [3.8, 4) is 5.75 Å². The van der Waals surface area contributed by atoms with Crippen molar-refractivity contribution in [1.82, 2.24) is 5.32 Å². The predicted molar refractivity (Wildman–Crippen MR) is 71.5 cm³/mol. The van der Waals surface area contributed by atoms with E-state index in [1.54, 1.807) is 13.4 Å². The van der Waals surface area contributed by atoms with Crippen LogP contribution >= 0.6 is 0 Å². The Morgan fingerprint density at radius 1 is 1.33 bits per heavy atom. The molecular weight excluding hydrogens is 228 g/mol. The van der Waals surface area contributed by atoms with Gasteiger partial charge in [0.1, 0.15) is 11.5 Å². The Labute approximate surface area is 107 Å². The molecule has 0 amide bonds. The number of ether oxygens (including phenoxy) is 1. The van der Waals surface area contributed by atoms with Gasteiger partial charge in [0.2, 0.25) is 0 Å². The monoisotopic (exact) mass is 246 g/mol.